The predicted octanol–water partition coefficient (Wildman–Crippen LogP) is 6.68. The molecule has 0 unspecified atom stereocenters. The van der Waals surface area contributed by atoms with E-state index in [4.69, 9.17) is 4.98 Å². The highest BCUT2D eigenvalue weighted by molar-refractivity contribution is 5.88. The van der Waals surface area contributed by atoms with Crippen LogP contribution in [-0.2, 0) is 11.3 Å². The Morgan fingerprint density at radius 2 is 1.62 bits per heavy atom. The van der Waals surface area contributed by atoms with Crippen LogP contribution in [0.1, 0.15) is 64.2 Å². The minimum atomic E-state index is 0.268. The highest BCUT2D eigenvalue weighted by atomic mass is 16.2. The van der Waals surface area contributed by atoms with Gasteiger partial charge >= 0.3 is 0 Å². The SMILES string of the molecule is O=C(Cn1c(-c2ccc3cc[nH]c3c2)nc2ccccc21)N(C1CCCCC1)C1CCCCC1. The zero-order chi connectivity index (χ0) is 22.9. The molecule has 5 heteroatoms. The topological polar surface area (TPSA) is 53.9 Å². The molecule has 0 aliphatic heterocycles. The van der Waals surface area contributed by atoms with E-state index in [-0.39, 0.29) is 5.91 Å². The molecule has 4 aromatic rings. The zero-order valence-electron chi connectivity index (χ0n) is 19.9. The van der Waals surface area contributed by atoms with Crippen molar-refractivity contribution in [2.24, 2.45) is 0 Å². The Bertz CT molecular complexity index is 1270. The highest BCUT2D eigenvalue weighted by Crippen LogP contribution is 2.32. The summed E-state index contributed by atoms with van der Waals surface area (Å²) in [6.45, 7) is 0.353. The second kappa shape index (κ2) is 9.28. The Balaban J connectivity index is 1.38. The maximum atomic E-state index is 14.1. The molecule has 2 aromatic heterocycles. The molecule has 6 rings (SSSR count). The van der Waals surface area contributed by atoms with Crippen LogP contribution in [0, 0.1) is 0 Å². The van der Waals surface area contributed by atoms with E-state index >= 15 is 0 Å². The van der Waals surface area contributed by atoms with Gasteiger partial charge in [0.25, 0.3) is 0 Å². The van der Waals surface area contributed by atoms with Crippen LogP contribution in [0.15, 0.2) is 54.7 Å². The van der Waals surface area contributed by atoms with Crippen LogP contribution in [-0.4, -0.2) is 37.4 Å². The van der Waals surface area contributed by atoms with E-state index in [1.54, 1.807) is 0 Å². The number of para-hydroxylation sites is 2. The van der Waals surface area contributed by atoms with Crippen molar-refractivity contribution < 1.29 is 4.79 Å². The third kappa shape index (κ3) is 4.02. The summed E-state index contributed by atoms with van der Waals surface area (Å²) >= 11 is 0. The fourth-order valence-corrected chi connectivity index (χ4v) is 6.28. The van der Waals surface area contributed by atoms with Crippen LogP contribution in [0.4, 0.5) is 0 Å². The first kappa shape index (κ1) is 21.5. The molecule has 0 bridgehead atoms. The number of rotatable bonds is 5. The average molecular weight is 455 g/mol. The third-order valence-corrected chi connectivity index (χ3v) is 7.99. The minimum Gasteiger partial charge on any atom is -0.361 e. The Labute approximate surface area is 201 Å². The van der Waals surface area contributed by atoms with Crippen molar-refractivity contribution >= 4 is 27.8 Å². The number of aromatic amines is 1. The van der Waals surface area contributed by atoms with E-state index in [1.165, 1.54) is 43.9 Å². The number of hydrogen-bond acceptors (Lipinski definition) is 2. The largest absolute Gasteiger partial charge is 0.361 e. The average Bonchev–Trinajstić information content (AvgIpc) is 3.50. The van der Waals surface area contributed by atoms with E-state index in [9.17, 15) is 4.79 Å². The van der Waals surface area contributed by atoms with E-state index < -0.39 is 0 Å². The summed E-state index contributed by atoms with van der Waals surface area (Å²) in [4.78, 5) is 24.7. The van der Waals surface area contributed by atoms with E-state index in [1.807, 2.05) is 24.4 Å². The van der Waals surface area contributed by atoms with Crippen molar-refractivity contribution in [1.29, 1.82) is 0 Å². The van der Waals surface area contributed by atoms with E-state index in [0.717, 1.165) is 53.6 Å². The lowest BCUT2D eigenvalue weighted by molar-refractivity contribution is -0.138. The predicted molar refractivity (Wildman–Crippen MR) is 138 cm³/mol. The number of nitrogens with zero attached hydrogens (tertiary/aromatic N) is 3. The molecule has 2 fully saturated rings. The molecule has 1 amide bonds. The van der Waals surface area contributed by atoms with Gasteiger partial charge in [-0.25, -0.2) is 4.98 Å². The third-order valence-electron chi connectivity index (χ3n) is 7.99. The van der Waals surface area contributed by atoms with Crippen molar-refractivity contribution in [2.75, 3.05) is 0 Å². The molecule has 2 aliphatic rings. The number of nitrogens with one attached hydrogen (secondary N) is 1. The smallest absolute Gasteiger partial charge is 0.243 e. The first-order valence-electron chi connectivity index (χ1n) is 13.1. The lowest BCUT2D eigenvalue weighted by atomic mass is 9.88. The van der Waals surface area contributed by atoms with Gasteiger partial charge < -0.3 is 14.5 Å². The summed E-state index contributed by atoms with van der Waals surface area (Å²) in [5.41, 5.74) is 4.11. The van der Waals surface area contributed by atoms with Gasteiger partial charge in [0, 0.05) is 29.4 Å². The van der Waals surface area contributed by atoms with Crippen molar-refractivity contribution in [1.82, 2.24) is 19.4 Å². The summed E-state index contributed by atoms with van der Waals surface area (Å²) in [6.07, 6.45) is 14.2. The number of carbonyl (C=O) groups excluding carboxylic acids is 1. The Hall–Kier alpha value is -3.08. The van der Waals surface area contributed by atoms with Gasteiger partial charge in [0.15, 0.2) is 0 Å². The van der Waals surface area contributed by atoms with Crippen LogP contribution in [0.2, 0.25) is 0 Å². The second-order valence-electron chi connectivity index (χ2n) is 10.2. The van der Waals surface area contributed by atoms with Gasteiger partial charge in [0.05, 0.1) is 11.0 Å². The molecule has 2 aromatic carbocycles. The molecule has 2 saturated carbocycles. The fraction of sp³-hybridized carbons (Fsp3) is 0.448. The number of imidazole rings is 1. The first-order valence-corrected chi connectivity index (χ1v) is 13.1. The second-order valence-corrected chi connectivity index (χ2v) is 10.2. The molecule has 5 nitrogen and oxygen atoms in total. The minimum absolute atomic E-state index is 0.268. The van der Waals surface area contributed by atoms with Gasteiger partial charge in [0.1, 0.15) is 12.4 Å². The molecule has 176 valence electrons. The van der Waals surface area contributed by atoms with Gasteiger partial charge in [-0.2, -0.15) is 0 Å². The molecule has 2 heterocycles. The molecule has 0 spiro atoms. The van der Waals surface area contributed by atoms with Crippen molar-refractivity contribution in [3.8, 4) is 11.4 Å². The number of carbonyl (C=O) groups is 1. The number of aromatic nitrogens is 3. The summed E-state index contributed by atoms with van der Waals surface area (Å²) in [7, 11) is 0. The summed E-state index contributed by atoms with van der Waals surface area (Å²) in [6, 6.07) is 17.5. The monoisotopic (exact) mass is 454 g/mol. The quantitative estimate of drug-likeness (QED) is 0.366. The van der Waals surface area contributed by atoms with Gasteiger partial charge in [-0.05, 0) is 55.3 Å². The standard InChI is InChI=1S/C29H34N4O/c34-28(33(23-9-3-1-4-10-23)24-11-5-2-6-12-24)20-32-27-14-8-7-13-25(27)31-29(32)22-16-15-21-17-18-30-26(21)19-22/h7-8,13-19,23-24,30H,1-6,9-12,20H2. The lowest BCUT2D eigenvalue weighted by Crippen LogP contribution is -2.50. The fourth-order valence-electron chi connectivity index (χ4n) is 6.28. The normalized spacial score (nSPS) is 18.0. The number of H-pyrrole nitrogens is 1. The summed E-state index contributed by atoms with van der Waals surface area (Å²) < 4.78 is 2.15. The van der Waals surface area contributed by atoms with Crippen LogP contribution in [0.25, 0.3) is 33.3 Å². The van der Waals surface area contributed by atoms with Crippen molar-refractivity contribution in [2.45, 2.75) is 82.8 Å². The lowest BCUT2D eigenvalue weighted by Gasteiger charge is -2.42. The molecule has 0 saturated heterocycles. The van der Waals surface area contributed by atoms with E-state index in [0.29, 0.717) is 18.6 Å². The van der Waals surface area contributed by atoms with Crippen LogP contribution in [0.3, 0.4) is 0 Å². The number of amides is 1. The van der Waals surface area contributed by atoms with Gasteiger partial charge in [0.2, 0.25) is 5.91 Å². The van der Waals surface area contributed by atoms with Crippen molar-refractivity contribution in [3.05, 3.63) is 54.7 Å². The molecule has 34 heavy (non-hydrogen) atoms. The van der Waals surface area contributed by atoms with Gasteiger partial charge in [-0.3, -0.25) is 4.79 Å². The zero-order valence-corrected chi connectivity index (χ0v) is 19.9. The molecule has 0 atom stereocenters. The van der Waals surface area contributed by atoms with Gasteiger partial charge in [-0.15, -0.1) is 0 Å². The molecular weight excluding hydrogens is 420 g/mol. The highest BCUT2D eigenvalue weighted by Gasteiger charge is 2.33. The van der Waals surface area contributed by atoms with Crippen LogP contribution < -0.4 is 0 Å². The molecule has 2 aliphatic carbocycles. The maximum absolute atomic E-state index is 14.1. The van der Waals surface area contributed by atoms with Gasteiger partial charge in [-0.1, -0.05) is 62.8 Å². The summed E-state index contributed by atoms with van der Waals surface area (Å²) in [5.74, 6) is 1.14. The Morgan fingerprint density at radius 3 is 2.35 bits per heavy atom. The number of hydrogen-bond donors (Lipinski definition) is 1. The summed E-state index contributed by atoms with van der Waals surface area (Å²) in [5, 5.41) is 1.18. The Kier molecular flexibility index (Phi) is 5.86. The molecule has 1 N–H and O–H groups in total. The Morgan fingerprint density at radius 1 is 0.912 bits per heavy atom. The number of fused-ring (bicyclic) bond motifs is 2. The first-order chi connectivity index (χ1) is 16.8. The van der Waals surface area contributed by atoms with Crippen molar-refractivity contribution in [3.63, 3.8) is 0 Å². The van der Waals surface area contributed by atoms with Crippen LogP contribution in [0.5, 0.6) is 0 Å². The number of benzene rings is 2. The van der Waals surface area contributed by atoms with E-state index in [2.05, 4.69) is 44.8 Å². The molecular formula is C29H34N4O. The maximum Gasteiger partial charge on any atom is 0.243 e. The molecule has 0 radical (unpaired) electrons. The van der Waals surface area contributed by atoms with Crippen LogP contribution >= 0.6 is 0 Å².